The molecule has 0 aromatic carbocycles. The maximum atomic E-state index is 11.3. The highest BCUT2D eigenvalue weighted by atomic mass is 16.5. The maximum Gasteiger partial charge on any atom is 0.384 e. The van der Waals surface area contributed by atoms with E-state index in [4.69, 9.17) is 28.4 Å². The van der Waals surface area contributed by atoms with Crippen LogP contribution in [0.15, 0.2) is 0 Å². The molecule has 8 nitrogen and oxygen atoms in total. The fraction of sp³-hybridized carbons (Fsp3) is 0.778. The number of carbonyl (C=O) groups excluding carboxylic acids is 2. The van der Waals surface area contributed by atoms with Crippen molar-refractivity contribution < 1.29 is 38.0 Å². The van der Waals surface area contributed by atoms with Crippen LogP contribution in [0.3, 0.4) is 0 Å². The van der Waals surface area contributed by atoms with Crippen molar-refractivity contribution in [3.8, 4) is 11.8 Å². The van der Waals surface area contributed by atoms with Gasteiger partial charge in [0.1, 0.15) is 0 Å². The Hall–Kier alpha value is -1.66. The molecule has 0 aliphatic heterocycles. The van der Waals surface area contributed by atoms with Crippen LogP contribution in [0.4, 0.5) is 0 Å². The van der Waals surface area contributed by atoms with Crippen molar-refractivity contribution in [1.82, 2.24) is 0 Å². The van der Waals surface area contributed by atoms with Crippen molar-refractivity contribution in [3.63, 3.8) is 0 Å². The van der Waals surface area contributed by atoms with E-state index in [-0.39, 0.29) is 13.2 Å². The number of carbonyl (C=O) groups is 2. The van der Waals surface area contributed by atoms with Gasteiger partial charge in [0.25, 0.3) is 0 Å². The zero-order chi connectivity index (χ0) is 19.3. The number of rotatable bonds is 16. The van der Waals surface area contributed by atoms with E-state index in [0.717, 1.165) is 12.8 Å². The SMILES string of the molecule is COCCCOCCCOC(=O)C#CC(=O)OCCCOCCCOC. The summed E-state index contributed by atoms with van der Waals surface area (Å²) < 4.78 is 30.1. The summed E-state index contributed by atoms with van der Waals surface area (Å²) in [6.45, 7) is 3.86. The summed E-state index contributed by atoms with van der Waals surface area (Å²) >= 11 is 0. The molecule has 0 fully saturated rings. The fourth-order valence-electron chi connectivity index (χ4n) is 1.64. The fourth-order valence-corrected chi connectivity index (χ4v) is 1.64. The Bertz CT molecular complexity index is 377. The highest BCUT2D eigenvalue weighted by Crippen LogP contribution is 1.90. The van der Waals surface area contributed by atoms with Gasteiger partial charge in [0.15, 0.2) is 0 Å². The summed E-state index contributed by atoms with van der Waals surface area (Å²) in [4.78, 5) is 22.7. The maximum absolute atomic E-state index is 11.3. The molecule has 0 N–H and O–H groups in total. The zero-order valence-corrected chi connectivity index (χ0v) is 15.8. The van der Waals surface area contributed by atoms with E-state index in [0.29, 0.717) is 52.5 Å². The smallest absolute Gasteiger partial charge is 0.384 e. The summed E-state index contributed by atoms with van der Waals surface area (Å²) in [6.07, 6.45) is 2.78. The lowest BCUT2D eigenvalue weighted by molar-refractivity contribution is -0.139. The molecule has 0 aliphatic carbocycles. The van der Waals surface area contributed by atoms with Crippen LogP contribution in [0, 0.1) is 11.8 Å². The molecule has 0 bridgehead atoms. The third kappa shape index (κ3) is 18.7. The minimum Gasteiger partial charge on any atom is -0.456 e. The highest BCUT2D eigenvalue weighted by Gasteiger charge is 2.01. The van der Waals surface area contributed by atoms with Gasteiger partial charge < -0.3 is 28.4 Å². The molecule has 0 radical (unpaired) electrons. The third-order valence-corrected chi connectivity index (χ3v) is 2.87. The Morgan fingerprint density at radius 3 is 1.27 bits per heavy atom. The predicted octanol–water partition coefficient (Wildman–Crippen LogP) is 0.963. The second kappa shape index (κ2) is 19.7. The van der Waals surface area contributed by atoms with Crippen LogP contribution in [0.25, 0.3) is 0 Å². The minimum atomic E-state index is -0.761. The van der Waals surface area contributed by atoms with Gasteiger partial charge >= 0.3 is 11.9 Å². The first-order chi connectivity index (χ1) is 12.7. The van der Waals surface area contributed by atoms with Crippen LogP contribution in [-0.4, -0.2) is 79.0 Å². The van der Waals surface area contributed by atoms with Crippen molar-refractivity contribution in [2.75, 3.05) is 67.1 Å². The number of hydrogen-bond acceptors (Lipinski definition) is 8. The van der Waals surface area contributed by atoms with Gasteiger partial charge in [0.2, 0.25) is 0 Å². The normalized spacial score (nSPS) is 10.1. The lowest BCUT2D eigenvalue weighted by atomic mass is 10.4. The van der Waals surface area contributed by atoms with Crippen molar-refractivity contribution in [1.29, 1.82) is 0 Å². The summed E-state index contributed by atoms with van der Waals surface area (Å²) in [5.74, 6) is 2.65. The van der Waals surface area contributed by atoms with Gasteiger partial charge in [-0.05, 0) is 12.8 Å². The van der Waals surface area contributed by atoms with E-state index in [1.807, 2.05) is 0 Å². The molecule has 0 aliphatic rings. The predicted molar refractivity (Wildman–Crippen MR) is 93.6 cm³/mol. The number of esters is 2. The second-order valence-corrected chi connectivity index (χ2v) is 5.15. The Morgan fingerprint density at radius 2 is 0.923 bits per heavy atom. The second-order valence-electron chi connectivity index (χ2n) is 5.15. The van der Waals surface area contributed by atoms with Gasteiger partial charge in [-0.2, -0.15) is 0 Å². The number of hydrogen-bond donors (Lipinski definition) is 0. The minimum absolute atomic E-state index is 0.188. The molecule has 0 spiro atoms. The van der Waals surface area contributed by atoms with Gasteiger partial charge in [0.05, 0.1) is 13.2 Å². The number of ether oxygens (including phenoxy) is 6. The van der Waals surface area contributed by atoms with E-state index >= 15 is 0 Å². The van der Waals surface area contributed by atoms with Gasteiger partial charge in [-0.3, -0.25) is 0 Å². The van der Waals surface area contributed by atoms with Gasteiger partial charge in [-0.15, -0.1) is 0 Å². The zero-order valence-electron chi connectivity index (χ0n) is 15.8. The van der Waals surface area contributed by atoms with E-state index in [9.17, 15) is 9.59 Å². The van der Waals surface area contributed by atoms with E-state index in [1.165, 1.54) is 0 Å². The average molecular weight is 374 g/mol. The number of methoxy groups -OCH3 is 2. The van der Waals surface area contributed by atoms with Gasteiger partial charge in [-0.25, -0.2) is 9.59 Å². The first-order valence-electron chi connectivity index (χ1n) is 8.69. The molecule has 8 heteroatoms. The molecule has 0 aromatic rings. The molecule has 0 atom stereocenters. The third-order valence-electron chi connectivity index (χ3n) is 2.87. The van der Waals surface area contributed by atoms with Crippen LogP contribution < -0.4 is 0 Å². The van der Waals surface area contributed by atoms with Crippen LogP contribution in [-0.2, 0) is 38.0 Å². The summed E-state index contributed by atoms with van der Waals surface area (Å²) in [5.41, 5.74) is 0. The van der Waals surface area contributed by atoms with Crippen molar-refractivity contribution in [2.24, 2.45) is 0 Å². The molecule has 0 aromatic heterocycles. The largest absolute Gasteiger partial charge is 0.456 e. The Morgan fingerprint density at radius 1 is 0.577 bits per heavy atom. The van der Waals surface area contributed by atoms with Crippen LogP contribution in [0.5, 0.6) is 0 Å². The lowest BCUT2D eigenvalue weighted by Crippen LogP contribution is -2.09. The molecular formula is C18H30O8. The summed E-state index contributed by atoms with van der Waals surface area (Å²) in [7, 11) is 3.27. The molecule has 0 saturated carbocycles. The molecular weight excluding hydrogens is 344 g/mol. The first-order valence-corrected chi connectivity index (χ1v) is 8.69. The van der Waals surface area contributed by atoms with Crippen LogP contribution in [0.1, 0.15) is 25.7 Å². The van der Waals surface area contributed by atoms with Gasteiger partial charge in [0, 0.05) is 78.5 Å². The molecule has 26 heavy (non-hydrogen) atoms. The summed E-state index contributed by atoms with van der Waals surface area (Å²) in [6, 6.07) is 0. The quantitative estimate of drug-likeness (QED) is 0.171. The molecule has 0 saturated heterocycles. The van der Waals surface area contributed by atoms with E-state index in [1.54, 1.807) is 14.2 Å². The van der Waals surface area contributed by atoms with Crippen molar-refractivity contribution in [3.05, 3.63) is 0 Å². The highest BCUT2D eigenvalue weighted by molar-refractivity contribution is 5.98. The first kappa shape index (κ1) is 24.3. The Labute approximate surface area is 155 Å². The molecule has 0 amide bonds. The average Bonchev–Trinajstić information content (AvgIpc) is 2.64. The molecule has 0 unspecified atom stereocenters. The Balaban J connectivity index is 3.50. The van der Waals surface area contributed by atoms with E-state index in [2.05, 4.69) is 11.8 Å². The van der Waals surface area contributed by atoms with Crippen LogP contribution in [0.2, 0.25) is 0 Å². The van der Waals surface area contributed by atoms with Crippen LogP contribution >= 0.6 is 0 Å². The molecule has 150 valence electrons. The standard InChI is InChI=1S/C18H30O8/c1-21-9-3-11-23-13-5-15-25-17(19)7-8-18(20)26-16-6-14-24-12-4-10-22-2/h3-6,9-16H2,1-2H3. The van der Waals surface area contributed by atoms with E-state index < -0.39 is 11.9 Å². The lowest BCUT2D eigenvalue weighted by Gasteiger charge is -2.04. The topological polar surface area (TPSA) is 89.5 Å². The summed E-state index contributed by atoms with van der Waals surface area (Å²) in [5, 5.41) is 0. The van der Waals surface area contributed by atoms with Gasteiger partial charge in [-0.1, -0.05) is 0 Å². The van der Waals surface area contributed by atoms with Crippen molar-refractivity contribution >= 4 is 11.9 Å². The van der Waals surface area contributed by atoms with Crippen molar-refractivity contribution in [2.45, 2.75) is 25.7 Å². The molecule has 0 rings (SSSR count). The Kier molecular flexibility index (Phi) is 18.4. The monoisotopic (exact) mass is 374 g/mol. The molecule has 0 heterocycles.